The van der Waals surface area contributed by atoms with Crippen molar-refractivity contribution in [1.82, 2.24) is 0 Å². The molecule has 0 aliphatic heterocycles. The minimum absolute atomic E-state index is 0.166. The highest BCUT2D eigenvalue weighted by Gasteiger charge is 2.08. The van der Waals surface area contributed by atoms with E-state index in [4.69, 9.17) is 9.47 Å². The molecule has 0 atom stereocenters. The number of methoxy groups -OCH3 is 2. The highest BCUT2D eigenvalue weighted by atomic mass is 16.5. The summed E-state index contributed by atoms with van der Waals surface area (Å²) in [5, 5.41) is 2.83. The molecule has 20 heavy (non-hydrogen) atoms. The van der Waals surface area contributed by atoms with Crippen molar-refractivity contribution in [2.75, 3.05) is 19.5 Å². The van der Waals surface area contributed by atoms with Crippen molar-refractivity contribution >= 4 is 11.6 Å². The Labute approximate surface area is 118 Å². The van der Waals surface area contributed by atoms with Crippen LogP contribution in [0.15, 0.2) is 42.5 Å². The van der Waals surface area contributed by atoms with Crippen LogP contribution in [0.1, 0.15) is 15.9 Å². The summed E-state index contributed by atoms with van der Waals surface area (Å²) in [5.74, 6) is 1.09. The predicted molar refractivity (Wildman–Crippen MR) is 78.7 cm³/mol. The van der Waals surface area contributed by atoms with E-state index >= 15 is 0 Å². The van der Waals surface area contributed by atoms with Gasteiger partial charge in [-0.1, -0.05) is 17.7 Å². The first-order chi connectivity index (χ1) is 9.62. The minimum Gasteiger partial charge on any atom is -0.497 e. The molecule has 0 saturated carbocycles. The summed E-state index contributed by atoms with van der Waals surface area (Å²) >= 11 is 0. The van der Waals surface area contributed by atoms with E-state index < -0.39 is 0 Å². The molecule has 2 aromatic rings. The first kappa shape index (κ1) is 13.9. The summed E-state index contributed by atoms with van der Waals surface area (Å²) < 4.78 is 10.3. The normalized spacial score (nSPS) is 9.95. The average Bonchev–Trinajstić information content (AvgIpc) is 2.47. The molecule has 4 nitrogen and oxygen atoms in total. The third kappa shape index (κ3) is 3.29. The molecule has 0 aliphatic carbocycles. The van der Waals surface area contributed by atoms with Gasteiger partial charge in [-0.25, -0.2) is 0 Å². The maximum atomic E-state index is 12.1. The molecule has 2 rings (SSSR count). The number of rotatable bonds is 4. The maximum Gasteiger partial charge on any atom is 0.255 e. The molecule has 1 amide bonds. The molecular weight excluding hydrogens is 254 g/mol. The third-order valence-electron chi connectivity index (χ3n) is 2.92. The Morgan fingerprint density at radius 2 is 1.50 bits per heavy atom. The highest BCUT2D eigenvalue weighted by Crippen LogP contribution is 2.26. The molecule has 0 radical (unpaired) electrons. The van der Waals surface area contributed by atoms with Crippen LogP contribution in [0.2, 0.25) is 0 Å². The van der Waals surface area contributed by atoms with Gasteiger partial charge in [0.15, 0.2) is 0 Å². The lowest BCUT2D eigenvalue weighted by atomic mass is 10.1. The van der Waals surface area contributed by atoms with Crippen LogP contribution in [0.4, 0.5) is 5.69 Å². The number of amides is 1. The van der Waals surface area contributed by atoms with E-state index in [2.05, 4.69) is 5.32 Å². The fraction of sp³-hybridized carbons (Fsp3) is 0.188. The van der Waals surface area contributed by atoms with Gasteiger partial charge in [-0.2, -0.15) is 0 Å². The first-order valence-corrected chi connectivity index (χ1v) is 6.23. The smallest absolute Gasteiger partial charge is 0.255 e. The summed E-state index contributed by atoms with van der Waals surface area (Å²) in [6.45, 7) is 1.98. The van der Waals surface area contributed by atoms with Crippen LogP contribution in [0.5, 0.6) is 11.5 Å². The Kier molecular flexibility index (Phi) is 4.25. The topological polar surface area (TPSA) is 47.6 Å². The first-order valence-electron chi connectivity index (χ1n) is 6.23. The molecule has 0 spiro atoms. The predicted octanol–water partition coefficient (Wildman–Crippen LogP) is 3.26. The van der Waals surface area contributed by atoms with E-state index in [0.29, 0.717) is 22.7 Å². The number of benzene rings is 2. The third-order valence-corrected chi connectivity index (χ3v) is 2.92. The van der Waals surface area contributed by atoms with E-state index in [9.17, 15) is 4.79 Å². The zero-order valence-corrected chi connectivity index (χ0v) is 11.8. The fourth-order valence-electron chi connectivity index (χ4n) is 1.79. The van der Waals surface area contributed by atoms with E-state index in [1.54, 1.807) is 44.6 Å². The Bertz CT molecular complexity index is 583. The molecule has 0 heterocycles. The summed E-state index contributed by atoms with van der Waals surface area (Å²) in [4.78, 5) is 12.1. The van der Waals surface area contributed by atoms with E-state index in [1.165, 1.54) is 0 Å². The Morgan fingerprint density at radius 1 is 0.950 bits per heavy atom. The zero-order chi connectivity index (χ0) is 14.5. The van der Waals surface area contributed by atoms with Crippen molar-refractivity contribution in [2.45, 2.75) is 6.92 Å². The van der Waals surface area contributed by atoms with Crippen molar-refractivity contribution in [3.8, 4) is 11.5 Å². The van der Waals surface area contributed by atoms with Gasteiger partial charge in [0.2, 0.25) is 0 Å². The molecule has 0 fully saturated rings. The molecular formula is C16H17NO3. The Balaban J connectivity index is 2.20. The minimum atomic E-state index is -0.166. The van der Waals surface area contributed by atoms with Crippen LogP contribution < -0.4 is 14.8 Å². The number of aryl methyl sites for hydroxylation is 1. The summed E-state index contributed by atoms with van der Waals surface area (Å²) in [5.41, 5.74) is 2.36. The second-order valence-corrected chi connectivity index (χ2v) is 4.42. The van der Waals surface area contributed by atoms with Crippen molar-refractivity contribution in [2.24, 2.45) is 0 Å². The monoisotopic (exact) mass is 271 g/mol. The van der Waals surface area contributed by atoms with Gasteiger partial charge in [0.1, 0.15) is 11.5 Å². The number of nitrogens with one attached hydrogen (secondary N) is 1. The SMILES string of the molecule is COc1cc(NC(=O)c2ccc(C)cc2)cc(OC)c1. The largest absolute Gasteiger partial charge is 0.497 e. The van der Waals surface area contributed by atoms with Gasteiger partial charge in [0.25, 0.3) is 5.91 Å². The van der Waals surface area contributed by atoms with Crippen LogP contribution in [0.3, 0.4) is 0 Å². The number of hydrogen-bond donors (Lipinski definition) is 1. The zero-order valence-electron chi connectivity index (χ0n) is 11.8. The number of ether oxygens (including phenoxy) is 2. The molecule has 0 bridgehead atoms. The van der Waals surface area contributed by atoms with E-state index in [1.807, 2.05) is 19.1 Å². The lowest BCUT2D eigenvalue weighted by Crippen LogP contribution is -2.11. The van der Waals surface area contributed by atoms with Crippen molar-refractivity contribution in [3.63, 3.8) is 0 Å². The second-order valence-electron chi connectivity index (χ2n) is 4.42. The van der Waals surface area contributed by atoms with Crippen molar-refractivity contribution in [1.29, 1.82) is 0 Å². The maximum absolute atomic E-state index is 12.1. The van der Waals surface area contributed by atoms with Crippen LogP contribution in [0.25, 0.3) is 0 Å². The van der Waals surface area contributed by atoms with Gasteiger partial charge in [0.05, 0.1) is 14.2 Å². The molecule has 0 unspecified atom stereocenters. The van der Waals surface area contributed by atoms with Crippen LogP contribution in [-0.2, 0) is 0 Å². The number of carbonyl (C=O) groups is 1. The summed E-state index contributed by atoms with van der Waals surface area (Å²) in [6, 6.07) is 12.6. The van der Waals surface area contributed by atoms with Crippen molar-refractivity contribution in [3.05, 3.63) is 53.6 Å². The van der Waals surface area contributed by atoms with Gasteiger partial charge in [0, 0.05) is 29.4 Å². The van der Waals surface area contributed by atoms with Crippen LogP contribution >= 0.6 is 0 Å². The van der Waals surface area contributed by atoms with Gasteiger partial charge in [-0.15, -0.1) is 0 Å². The van der Waals surface area contributed by atoms with Gasteiger partial charge < -0.3 is 14.8 Å². The molecule has 0 aromatic heterocycles. The Hall–Kier alpha value is -2.49. The van der Waals surface area contributed by atoms with E-state index in [0.717, 1.165) is 5.56 Å². The second kappa shape index (κ2) is 6.10. The van der Waals surface area contributed by atoms with E-state index in [-0.39, 0.29) is 5.91 Å². The lowest BCUT2D eigenvalue weighted by Gasteiger charge is -2.10. The molecule has 1 N–H and O–H groups in total. The summed E-state index contributed by atoms with van der Waals surface area (Å²) in [7, 11) is 3.14. The molecule has 0 saturated heterocycles. The number of carbonyl (C=O) groups excluding carboxylic acids is 1. The van der Waals surface area contributed by atoms with Gasteiger partial charge >= 0.3 is 0 Å². The quantitative estimate of drug-likeness (QED) is 0.928. The molecule has 0 aliphatic rings. The molecule has 104 valence electrons. The van der Waals surface area contributed by atoms with Gasteiger partial charge in [-0.3, -0.25) is 4.79 Å². The lowest BCUT2D eigenvalue weighted by molar-refractivity contribution is 0.102. The summed E-state index contributed by atoms with van der Waals surface area (Å²) in [6.07, 6.45) is 0. The number of hydrogen-bond acceptors (Lipinski definition) is 3. The van der Waals surface area contributed by atoms with Crippen LogP contribution in [0, 0.1) is 6.92 Å². The number of anilines is 1. The Morgan fingerprint density at radius 3 is 2.00 bits per heavy atom. The molecule has 2 aromatic carbocycles. The average molecular weight is 271 g/mol. The fourth-order valence-corrected chi connectivity index (χ4v) is 1.79. The standard InChI is InChI=1S/C16H17NO3/c1-11-4-6-12(7-5-11)16(18)17-13-8-14(19-2)10-15(9-13)20-3/h4-10H,1-3H3,(H,17,18). The van der Waals surface area contributed by atoms with Crippen molar-refractivity contribution < 1.29 is 14.3 Å². The van der Waals surface area contributed by atoms with Gasteiger partial charge in [-0.05, 0) is 19.1 Å². The van der Waals surface area contributed by atoms with Crippen LogP contribution in [-0.4, -0.2) is 20.1 Å². The molecule has 4 heteroatoms. The highest BCUT2D eigenvalue weighted by molar-refractivity contribution is 6.04.